The molecule has 0 heterocycles. The summed E-state index contributed by atoms with van der Waals surface area (Å²) in [5, 5.41) is 2.43. The van der Waals surface area contributed by atoms with Crippen molar-refractivity contribution in [2.45, 2.75) is 0 Å². The Bertz CT molecular complexity index is 361. The summed E-state index contributed by atoms with van der Waals surface area (Å²) in [6, 6.07) is 5.49. The minimum atomic E-state index is 0.608. The number of carbonyl (C=O) groups is 1. The van der Waals surface area contributed by atoms with E-state index in [0.29, 0.717) is 17.9 Å². The molecule has 4 nitrogen and oxygen atoms in total. The Morgan fingerprint density at radius 2 is 1.93 bits per heavy atom. The highest BCUT2D eigenvalue weighted by Gasteiger charge is 2.01. The molecular formula is C11H13NO3. The third-order valence-corrected chi connectivity index (χ3v) is 1.85. The third-order valence-electron chi connectivity index (χ3n) is 1.85. The smallest absolute Gasteiger partial charge is 0.211 e. The van der Waals surface area contributed by atoms with Crippen LogP contribution in [0.4, 0.5) is 0 Å². The lowest BCUT2D eigenvalue weighted by molar-refractivity contribution is -0.108. The van der Waals surface area contributed by atoms with Crippen LogP contribution in [0.5, 0.6) is 11.5 Å². The second-order valence-electron chi connectivity index (χ2n) is 2.73. The minimum Gasteiger partial charge on any atom is -0.493 e. The van der Waals surface area contributed by atoms with Crippen molar-refractivity contribution in [2.75, 3.05) is 14.2 Å². The van der Waals surface area contributed by atoms with E-state index in [-0.39, 0.29) is 0 Å². The molecule has 0 unspecified atom stereocenters. The average molecular weight is 207 g/mol. The van der Waals surface area contributed by atoms with Crippen LogP contribution in [-0.2, 0) is 4.79 Å². The molecule has 0 radical (unpaired) electrons. The molecule has 1 rings (SSSR count). The van der Waals surface area contributed by atoms with Crippen LogP contribution in [0.2, 0.25) is 0 Å². The predicted molar refractivity (Wildman–Crippen MR) is 57.8 cm³/mol. The van der Waals surface area contributed by atoms with Crippen molar-refractivity contribution >= 4 is 12.5 Å². The molecule has 0 aliphatic rings. The Hall–Kier alpha value is -1.97. The maximum Gasteiger partial charge on any atom is 0.211 e. The summed E-state index contributed by atoms with van der Waals surface area (Å²) in [6.07, 6.45) is 3.92. The van der Waals surface area contributed by atoms with Crippen molar-refractivity contribution in [3.63, 3.8) is 0 Å². The SMILES string of the molecule is COc1ccc(C=CNC=O)cc1OC. The van der Waals surface area contributed by atoms with Crippen LogP contribution in [-0.4, -0.2) is 20.6 Å². The number of rotatable bonds is 5. The molecule has 4 heteroatoms. The summed E-state index contributed by atoms with van der Waals surface area (Å²) in [6.45, 7) is 0. The van der Waals surface area contributed by atoms with Gasteiger partial charge in [-0.05, 0) is 23.8 Å². The highest BCUT2D eigenvalue weighted by Crippen LogP contribution is 2.27. The monoisotopic (exact) mass is 207 g/mol. The normalized spacial score (nSPS) is 10.0. The number of hydrogen-bond acceptors (Lipinski definition) is 3. The van der Waals surface area contributed by atoms with E-state index < -0.39 is 0 Å². The summed E-state index contributed by atoms with van der Waals surface area (Å²) in [5.74, 6) is 1.34. The van der Waals surface area contributed by atoms with E-state index in [1.807, 2.05) is 12.1 Å². The minimum absolute atomic E-state index is 0.608. The van der Waals surface area contributed by atoms with Gasteiger partial charge in [0.2, 0.25) is 6.41 Å². The first kappa shape index (κ1) is 11.1. The Morgan fingerprint density at radius 3 is 2.53 bits per heavy atom. The fourth-order valence-corrected chi connectivity index (χ4v) is 1.14. The molecule has 0 aliphatic heterocycles. The Balaban J connectivity index is 2.87. The largest absolute Gasteiger partial charge is 0.493 e. The van der Waals surface area contributed by atoms with Gasteiger partial charge >= 0.3 is 0 Å². The average Bonchev–Trinajstić information content (AvgIpc) is 2.29. The van der Waals surface area contributed by atoms with E-state index >= 15 is 0 Å². The summed E-state index contributed by atoms with van der Waals surface area (Å²) in [4.78, 5) is 10.0. The van der Waals surface area contributed by atoms with E-state index in [1.54, 1.807) is 32.6 Å². The molecule has 0 aromatic heterocycles. The molecule has 1 N–H and O–H groups in total. The molecule has 1 aromatic rings. The summed E-state index contributed by atoms with van der Waals surface area (Å²) < 4.78 is 10.2. The van der Waals surface area contributed by atoms with Gasteiger partial charge in [-0.25, -0.2) is 0 Å². The molecule has 0 aliphatic carbocycles. The number of nitrogens with one attached hydrogen (secondary N) is 1. The number of ether oxygens (including phenoxy) is 2. The van der Waals surface area contributed by atoms with Crippen molar-refractivity contribution in [3.8, 4) is 11.5 Å². The molecule has 0 spiro atoms. The van der Waals surface area contributed by atoms with Gasteiger partial charge in [0.1, 0.15) is 0 Å². The third kappa shape index (κ3) is 3.02. The van der Waals surface area contributed by atoms with Gasteiger partial charge in [0.15, 0.2) is 11.5 Å². The van der Waals surface area contributed by atoms with Gasteiger partial charge in [-0.3, -0.25) is 4.79 Å². The lowest BCUT2D eigenvalue weighted by atomic mass is 10.2. The zero-order chi connectivity index (χ0) is 11.1. The highest BCUT2D eigenvalue weighted by molar-refractivity contribution is 5.58. The van der Waals surface area contributed by atoms with E-state index in [0.717, 1.165) is 5.56 Å². The maximum atomic E-state index is 10.0. The zero-order valence-corrected chi connectivity index (χ0v) is 8.69. The molecule has 80 valence electrons. The first-order valence-electron chi connectivity index (χ1n) is 4.40. The zero-order valence-electron chi connectivity index (χ0n) is 8.69. The van der Waals surface area contributed by atoms with Gasteiger partial charge in [0.25, 0.3) is 0 Å². The summed E-state index contributed by atoms with van der Waals surface area (Å²) >= 11 is 0. The standard InChI is InChI=1S/C11H13NO3/c1-14-10-4-3-9(5-6-12-8-13)7-11(10)15-2/h3-8H,1-2H3,(H,12,13). The summed E-state index contributed by atoms with van der Waals surface area (Å²) in [7, 11) is 3.16. The van der Waals surface area contributed by atoms with Crippen molar-refractivity contribution < 1.29 is 14.3 Å². The van der Waals surface area contributed by atoms with E-state index in [9.17, 15) is 4.79 Å². The molecule has 0 saturated heterocycles. The van der Waals surface area contributed by atoms with Crippen molar-refractivity contribution in [1.82, 2.24) is 5.32 Å². The maximum absolute atomic E-state index is 10.0. The van der Waals surface area contributed by atoms with Crippen LogP contribution in [0.15, 0.2) is 24.4 Å². The molecule has 1 amide bonds. The number of benzene rings is 1. The lowest BCUT2D eigenvalue weighted by Crippen LogP contribution is -1.98. The van der Waals surface area contributed by atoms with Gasteiger partial charge in [-0.1, -0.05) is 6.07 Å². The van der Waals surface area contributed by atoms with Crippen molar-refractivity contribution in [3.05, 3.63) is 30.0 Å². The number of carbonyl (C=O) groups excluding carboxylic acids is 1. The van der Waals surface area contributed by atoms with Crippen LogP contribution in [0.25, 0.3) is 6.08 Å². The predicted octanol–water partition coefficient (Wildman–Crippen LogP) is 1.42. The van der Waals surface area contributed by atoms with Crippen molar-refractivity contribution in [1.29, 1.82) is 0 Å². The van der Waals surface area contributed by atoms with Gasteiger partial charge in [-0.15, -0.1) is 0 Å². The lowest BCUT2D eigenvalue weighted by Gasteiger charge is -2.07. The topological polar surface area (TPSA) is 47.6 Å². The van der Waals surface area contributed by atoms with Gasteiger partial charge in [0, 0.05) is 6.20 Å². The van der Waals surface area contributed by atoms with Crippen LogP contribution in [0.3, 0.4) is 0 Å². The number of amides is 1. The number of methoxy groups -OCH3 is 2. The van der Waals surface area contributed by atoms with Crippen LogP contribution >= 0.6 is 0 Å². The van der Waals surface area contributed by atoms with Crippen molar-refractivity contribution in [2.24, 2.45) is 0 Å². The first-order chi connectivity index (χ1) is 7.31. The number of hydrogen-bond donors (Lipinski definition) is 1. The van der Waals surface area contributed by atoms with E-state index in [2.05, 4.69) is 5.32 Å². The Morgan fingerprint density at radius 1 is 1.20 bits per heavy atom. The van der Waals surface area contributed by atoms with Crippen LogP contribution < -0.4 is 14.8 Å². The first-order valence-corrected chi connectivity index (χ1v) is 4.40. The van der Waals surface area contributed by atoms with E-state index in [4.69, 9.17) is 9.47 Å². The van der Waals surface area contributed by atoms with E-state index in [1.165, 1.54) is 0 Å². The Labute approximate surface area is 88.5 Å². The second kappa shape index (κ2) is 5.70. The Kier molecular flexibility index (Phi) is 4.22. The summed E-state index contributed by atoms with van der Waals surface area (Å²) in [5.41, 5.74) is 0.919. The molecular weight excluding hydrogens is 194 g/mol. The fourth-order valence-electron chi connectivity index (χ4n) is 1.14. The van der Waals surface area contributed by atoms with Gasteiger partial charge in [-0.2, -0.15) is 0 Å². The fraction of sp³-hybridized carbons (Fsp3) is 0.182. The van der Waals surface area contributed by atoms with Gasteiger partial charge < -0.3 is 14.8 Å². The van der Waals surface area contributed by atoms with Gasteiger partial charge in [0.05, 0.1) is 14.2 Å². The quantitative estimate of drug-likeness (QED) is 0.743. The second-order valence-corrected chi connectivity index (χ2v) is 2.73. The molecule has 0 bridgehead atoms. The highest BCUT2D eigenvalue weighted by atomic mass is 16.5. The van der Waals surface area contributed by atoms with Crippen LogP contribution in [0.1, 0.15) is 5.56 Å². The molecule has 1 aromatic carbocycles. The molecule has 0 fully saturated rings. The molecule has 0 saturated carbocycles. The van der Waals surface area contributed by atoms with Crippen LogP contribution in [0, 0.1) is 0 Å². The molecule has 0 atom stereocenters. The molecule has 15 heavy (non-hydrogen) atoms.